The van der Waals surface area contributed by atoms with Gasteiger partial charge in [-0.15, -0.1) is 0 Å². The fourth-order valence-electron chi connectivity index (χ4n) is 5.08. The second-order valence-electron chi connectivity index (χ2n) is 10.8. The van der Waals surface area contributed by atoms with E-state index in [-0.39, 0.29) is 30.8 Å². The first-order valence-electron chi connectivity index (χ1n) is 12.7. The lowest BCUT2D eigenvalue weighted by Crippen LogP contribution is -2.57. The number of hydrogen-bond donors (Lipinski definition) is 1. The van der Waals surface area contributed by atoms with Gasteiger partial charge in [0.25, 0.3) is 0 Å². The van der Waals surface area contributed by atoms with Crippen molar-refractivity contribution in [2.75, 3.05) is 64.9 Å². The average Bonchev–Trinajstić information content (AvgIpc) is 3.21. The van der Waals surface area contributed by atoms with Crippen molar-refractivity contribution in [3.8, 4) is 6.01 Å². The number of carbonyl (C=O) groups is 1. The third kappa shape index (κ3) is 6.17. The number of fused-ring (bicyclic) bond motifs is 1. The summed E-state index contributed by atoms with van der Waals surface area (Å²) in [7, 11) is 3.83. The van der Waals surface area contributed by atoms with E-state index in [4.69, 9.17) is 30.8 Å². The van der Waals surface area contributed by atoms with Crippen molar-refractivity contribution in [3.05, 3.63) is 22.7 Å². The number of nitrogens with zero attached hydrogens (tertiary/aromatic N) is 6. The third-order valence-electron chi connectivity index (χ3n) is 7.00. The summed E-state index contributed by atoms with van der Waals surface area (Å²) in [5.74, 6) is 0.852. The molecule has 0 radical (unpaired) electrons. The summed E-state index contributed by atoms with van der Waals surface area (Å²) in [5, 5.41) is 3.39. The standard InChI is InChI=1S/C25H39N7O4/c1-25(2,3)36-24(33)32-10-9-31(14-18(32)12-26-4)22-20-7-8-27-13-21(20)28-23(29-22)35-16-17-11-19(34-6)15-30(17)5/h17-19,27H,7-16H2,1-3,5-6H3/t17-,18-,19+/m0/s1. The van der Waals surface area contributed by atoms with E-state index in [0.29, 0.717) is 38.8 Å². The number of methoxy groups -OCH3 is 1. The molecule has 3 atom stereocenters. The highest BCUT2D eigenvalue weighted by atomic mass is 16.6. The van der Waals surface area contributed by atoms with Crippen LogP contribution in [0.15, 0.2) is 0 Å². The van der Waals surface area contributed by atoms with Crippen LogP contribution in [0.25, 0.3) is 4.85 Å². The minimum Gasteiger partial charge on any atom is -0.462 e. The van der Waals surface area contributed by atoms with Gasteiger partial charge in [-0.25, -0.2) is 11.4 Å². The van der Waals surface area contributed by atoms with Crippen molar-refractivity contribution in [3.63, 3.8) is 0 Å². The monoisotopic (exact) mass is 501 g/mol. The van der Waals surface area contributed by atoms with E-state index in [9.17, 15) is 4.79 Å². The first kappa shape index (κ1) is 26.4. The number of likely N-dealkylation sites (N-methyl/N-ethyl adjacent to an activating group) is 1. The quantitative estimate of drug-likeness (QED) is 0.583. The molecule has 36 heavy (non-hydrogen) atoms. The molecule has 3 aliphatic heterocycles. The van der Waals surface area contributed by atoms with Crippen LogP contribution in [-0.2, 0) is 22.4 Å². The van der Waals surface area contributed by atoms with E-state index in [1.807, 2.05) is 20.8 Å². The van der Waals surface area contributed by atoms with Crippen LogP contribution in [0.2, 0.25) is 0 Å². The molecule has 1 N–H and O–H groups in total. The van der Waals surface area contributed by atoms with Gasteiger partial charge in [0.15, 0.2) is 0 Å². The van der Waals surface area contributed by atoms with Gasteiger partial charge in [-0.1, -0.05) is 0 Å². The van der Waals surface area contributed by atoms with E-state index in [2.05, 4.69) is 27.0 Å². The molecule has 1 aromatic rings. The number of ether oxygens (including phenoxy) is 3. The highest BCUT2D eigenvalue weighted by Crippen LogP contribution is 2.29. The first-order chi connectivity index (χ1) is 17.2. The SMILES string of the molecule is [C-]#[N+]C[C@H]1CN(c2nc(OC[C@@H]3C[C@@H](OC)CN3C)nc3c2CCNC3)CCN1C(=O)OC(C)(C)C. The summed E-state index contributed by atoms with van der Waals surface area (Å²) in [4.78, 5) is 32.1. The number of aromatic nitrogens is 2. The molecule has 11 heteroatoms. The van der Waals surface area contributed by atoms with Crippen LogP contribution in [0.4, 0.5) is 10.6 Å². The van der Waals surface area contributed by atoms with Gasteiger partial charge in [-0.05, 0) is 47.2 Å². The lowest BCUT2D eigenvalue weighted by Gasteiger charge is -2.41. The Balaban J connectivity index is 1.52. The van der Waals surface area contributed by atoms with Crippen LogP contribution in [0, 0.1) is 6.57 Å². The van der Waals surface area contributed by atoms with E-state index >= 15 is 0 Å². The zero-order chi connectivity index (χ0) is 25.9. The second kappa shape index (κ2) is 11.2. The zero-order valence-electron chi connectivity index (χ0n) is 22.1. The van der Waals surface area contributed by atoms with Gasteiger partial charge in [0, 0.05) is 51.4 Å². The molecular formula is C25H39N7O4. The van der Waals surface area contributed by atoms with Crippen LogP contribution < -0.4 is 15.0 Å². The van der Waals surface area contributed by atoms with Crippen molar-refractivity contribution < 1.29 is 19.0 Å². The molecule has 0 spiro atoms. The predicted octanol–water partition coefficient (Wildman–Crippen LogP) is 1.57. The topological polar surface area (TPSA) is 96.6 Å². The Hall–Kier alpha value is -2.68. The Labute approximate surface area is 213 Å². The number of likely N-dealkylation sites (tertiary alicyclic amines) is 1. The zero-order valence-corrected chi connectivity index (χ0v) is 22.1. The van der Waals surface area contributed by atoms with Crippen LogP contribution in [0.1, 0.15) is 38.4 Å². The number of hydrogen-bond acceptors (Lipinski definition) is 9. The number of carbonyl (C=O) groups excluding carboxylic acids is 1. The molecule has 1 aromatic heterocycles. The molecule has 0 unspecified atom stereocenters. The molecule has 0 saturated carbocycles. The summed E-state index contributed by atoms with van der Waals surface area (Å²) >= 11 is 0. The number of anilines is 1. The van der Waals surface area contributed by atoms with Crippen molar-refractivity contribution in [2.24, 2.45) is 0 Å². The summed E-state index contributed by atoms with van der Waals surface area (Å²) in [5.41, 5.74) is 1.48. The third-order valence-corrected chi connectivity index (χ3v) is 7.00. The molecule has 1 amide bonds. The largest absolute Gasteiger partial charge is 0.462 e. The molecule has 2 fully saturated rings. The fraction of sp³-hybridized carbons (Fsp3) is 0.760. The molecule has 0 bridgehead atoms. The second-order valence-corrected chi connectivity index (χ2v) is 10.8. The lowest BCUT2D eigenvalue weighted by atomic mass is 10.1. The Bertz CT molecular complexity index is 976. The number of piperazine rings is 1. The van der Waals surface area contributed by atoms with Gasteiger partial charge in [-0.3, -0.25) is 9.80 Å². The molecule has 0 aromatic carbocycles. The molecule has 198 valence electrons. The van der Waals surface area contributed by atoms with Crippen molar-refractivity contribution in [1.82, 2.24) is 25.1 Å². The minimum absolute atomic E-state index is 0.211. The summed E-state index contributed by atoms with van der Waals surface area (Å²) in [6.45, 7) is 17.7. The number of amides is 1. The van der Waals surface area contributed by atoms with Crippen LogP contribution in [0.3, 0.4) is 0 Å². The Kier molecular flexibility index (Phi) is 8.17. The van der Waals surface area contributed by atoms with Crippen molar-refractivity contribution in [2.45, 2.75) is 63.9 Å². The Morgan fingerprint density at radius 1 is 1.22 bits per heavy atom. The van der Waals surface area contributed by atoms with Crippen molar-refractivity contribution in [1.29, 1.82) is 0 Å². The van der Waals surface area contributed by atoms with Crippen LogP contribution in [-0.4, -0.2) is 110 Å². The first-order valence-corrected chi connectivity index (χ1v) is 12.7. The molecule has 4 rings (SSSR count). The maximum atomic E-state index is 12.8. The summed E-state index contributed by atoms with van der Waals surface area (Å²) in [6, 6.07) is 0.343. The van der Waals surface area contributed by atoms with E-state index in [1.165, 1.54) is 0 Å². The highest BCUT2D eigenvalue weighted by molar-refractivity contribution is 5.69. The van der Waals surface area contributed by atoms with E-state index in [1.54, 1.807) is 12.0 Å². The van der Waals surface area contributed by atoms with Crippen LogP contribution >= 0.6 is 0 Å². The molecule has 11 nitrogen and oxygen atoms in total. The van der Waals surface area contributed by atoms with Crippen molar-refractivity contribution >= 4 is 11.9 Å². The van der Waals surface area contributed by atoms with Gasteiger partial charge in [0.1, 0.15) is 24.1 Å². The lowest BCUT2D eigenvalue weighted by molar-refractivity contribution is 0.0155. The number of nitrogens with one attached hydrogen (secondary N) is 1. The van der Waals surface area contributed by atoms with E-state index in [0.717, 1.165) is 43.0 Å². The highest BCUT2D eigenvalue weighted by Gasteiger charge is 2.37. The molecular weight excluding hydrogens is 462 g/mol. The minimum atomic E-state index is -0.585. The van der Waals surface area contributed by atoms with Crippen LogP contribution in [0.5, 0.6) is 6.01 Å². The maximum Gasteiger partial charge on any atom is 0.410 e. The van der Waals surface area contributed by atoms with Gasteiger partial charge in [-0.2, -0.15) is 9.97 Å². The van der Waals surface area contributed by atoms with Gasteiger partial charge < -0.3 is 29.3 Å². The summed E-state index contributed by atoms with van der Waals surface area (Å²) < 4.78 is 17.3. The maximum absolute atomic E-state index is 12.8. The van der Waals surface area contributed by atoms with Gasteiger partial charge in [0.2, 0.25) is 6.54 Å². The molecule has 4 heterocycles. The average molecular weight is 502 g/mol. The van der Waals surface area contributed by atoms with E-state index < -0.39 is 5.60 Å². The smallest absolute Gasteiger partial charge is 0.410 e. The predicted molar refractivity (Wildman–Crippen MR) is 135 cm³/mol. The number of rotatable bonds is 6. The Morgan fingerprint density at radius 3 is 2.72 bits per heavy atom. The fourth-order valence-corrected chi connectivity index (χ4v) is 5.08. The van der Waals surface area contributed by atoms with Gasteiger partial charge >= 0.3 is 12.1 Å². The molecule has 2 saturated heterocycles. The normalized spacial score (nSPS) is 24.8. The summed E-state index contributed by atoms with van der Waals surface area (Å²) in [6.07, 6.45) is 1.58. The molecule has 3 aliphatic rings. The van der Waals surface area contributed by atoms with Gasteiger partial charge in [0.05, 0.1) is 11.8 Å². The Morgan fingerprint density at radius 2 is 2.03 bits per heavy atom. The molecule has 0 aliphatic carbocycles.